The number of hydrogen-bond donors (Lipinski definition) is 2. The second kappa shape index (κ2) is 7.31. The molecule has 0 amide bonds. The van der Waals surface area contributed by atoms with Gasteiger partial charge in [-0.3, -0.25) is 14.8 Å². The standard InChI is InChI=1S/C22H18N8O/c23-5-4-22(10-14(11-22)12-24)30-7-3-17(29-30)21-16-2-1-6-25-18(16)9-19(26-21)20-8-15(13-31)27-28-20/h1-3,6-9,14,31H,4,10-11,13H2,(H,27,28). The maximum Gasteiger partial charge on any atom is 0.111 e. The fourth-order valence-corrected chi connectivity index (χ4v) is 4.20. The van der Waals surface area contributed by atoms with Crippen LogP contribution < -0.4 is 0 Å². The van der Waals surface area contributed by atoms with Crippen molar-refractivity contribution in [1.29, 1.82) is 10.5 Å². The van der Waals surface area contributed by atoms with Gasteiger partial charge in [-0.25, -0.2) is 4.98 Å². The van der Waals surface area contributed by atoms with Crippen LogP contribution >= 0.6 is 0 Å². The maximum atomic E-state index is 9.33. The summed E-state index contributed by atoms with van der Waals surface area (Å²) >= 11 is 0. The van der Waals surface area contributed by atoms with Crippen molar-refractivity contribution in [1.82, 2.24) is 29.9 Å². The zero-order valence-electron chi connectivity index (χ0n) is 16.5. The first-order valence-corrected chi connectivity index (χ1v) is 9.90. The molecule has 9 heteroatoms. The first-order valence-electron chi connectivity index (χ1n) is 9.90. The van der Waals surface area contributed by atoms with Crippen molar-refractivity contribution in [2.24, 2.45) is 5.92 Å². The van der Waals surface area contributed by atoms with Crippen molar-refractivity contribution in [3.8, 4) is 34.9 Å². The Morgan fingerprint density at radius 3 is 2.81 bits per heavy atom. The van der Waals surface area contributed by atoms with Crippen LogP contribution in [0.1, 0.15) is 25.0 Å². The molecule has 0 bridgehead atoms. The summed E-state index contributed by atoms with van der Waals surface area (Å²) < 4.78 is 1.81. The van der Waals surface area contributed by atoms with E-state index in [0.29, 0.717) is 47.7 Å². The molecule has 4 heterocycles. The minimum atomic E-state index is -0.447. The Kier molecular flexibility index (Phi) is 4.46. The van der Waals surface area contributed by atoms with Crippen LogP contribution in [0.4, 0.5) is 0 Å². The summed E-state index contributed by atoms with van der Waals surface area (Å²) in [5.41, 5.74) is 3.45. The Morgan fingerprint density at radius 1 is 1.19 bits per heavy atom. The van der Waals surface area contributed by atoms with E-state index in [1.54, 1.807) is 12.3 Å². The van der Waals surface area contributed by atoms with E-state index < -0.39 is 5.54 Å². The third-order valence-electron chi connectivity index (χ3n) is 5.82. The number of nitriles is 2. The van der Waals surface area contributed by atoms with Crippen molar-refractivity contribution in [2.45, 2.75) is 31.4 Å². The molecule has 1 aliphatic carbocycles. The molecular formula is C22H18N8O. The predicted molar refractivity (Wildman–Crippen MR) is 111 cm³/mol. The molecule has 1 aliphatic rings. The lowest BCUT2D eigenvalue weighted by atomic mass is 9.67. The summed E-state index contributed by atoms with van der Waals surface area (Å²) in [4.78, 5) is 9.28. The Bertz CT molecular complexity index is 1350. The van der Waals surface area contributed by atoms with Gasteiger partial charge in [0.1, 0.15) is 17.1 Å². The quantitative estimate of drug-likeness (QED) is 0.515. The second-order valence-corrected chi connectivity index (χ2v) is 7.80. The Morgan fingerprint density at radius 2 is 2.06 bits per heavy atom. The minimum absolute atomic E-state index is 0.0483. The number of hydrogen-bond acceptors (Lipinski definition) is 7. The number of rotatable bonds is 5. The molecule has 31 heavy (non-hydrogen) atoms. The zero-order valence-corrected chi connectivity index (χ0v) is 16.5. The molecule has 0 aliphatic heterocycles. The number of H-pyrrole nitrogens is 1. The van der Waals surface area contributed by atoms with Crippen LogP contribution in [-0.2, 0) is 12.1 Å². The molecular weight excluding hydrogens is 392 g/mol. The molecule has 4 aromatic heterocycles. The van der Waals surface area contributed by atoms with Gasteiger partial charge >= 0.3 is 0 Å². The summed E-state index contributed by atoms with van der Waals surface area (Å²) in [6.45, 7) is -0.138. The van der Waals surface area contributed by atoms with Gasteiger partial charge in [0, 0.05) is 17.8 Å². The molecule has 0 spiro atoms. The number of aliphatic hydroxyl groups is 1. The molecule has 5 rings (SSSR count). The summed E-state index contributed by atoms with van der Waals surface area (Å²) in [5.74, 6) is -0.0483. The fourth-order valence-electron chi connectivity index (χ4n) is 4.20. The van der Waals surface area contributed by atoms with Crippen molar-refractivity contribution in [3.05, 3.63) is 48.4 Å². The zero-order chi connectivity index (χ0) is 21.4. The van der Waals surface area contributed by atoms with E-state index in [0.717, 1.165) is 10.9 Å². The molecule has 1 saturated carbocycles. The SMILES string of the molecule is N#CCC1(n2ccc(-c3nc(-c4cc(CO)[nH]n4)cc4ncccc34)n2)CC(C#N)C1. The molecule has 4 aromatic rings. The first-order chi connectivity index (χ1) is 15.2. The Hall–Kier alpha value is -4.08. The third-order valence-corrected chi connectivity index (χ3v) is 5.82. The number of nitrogens with one attached hydrogen (secondary N) is 1. The van der Waals surface area contributed by atoms with Gasteiger partial charge in [0.05, 0.1) is 53.5 Å². The van der Waals surface area contributed by atoms with Crippen LogP contribution in [0.15, 0.2) is 42.7 Å². The maximum absolute atomic E-state index is 9.33. The number of aliphatic hydroxyl groups excluding tert-OH is 1. The van der Waals surface area contributed by atoms with Crippen molar-refractivity contribution < 1.29 is 5.11 Å². The van der Waals surface area contributed by atoms with Crippen LogP contribution in [0.5, 0.6) is 0 Å². The number of pyridine rings is 2. The van der Waals surface area contributed by atoms with Gasteiger partial charge in [0.25, 0.3) is 0 Å². The van der Waals surface area contributed by atoms with Crippen LogP contribution in [0.3, 0.4) is 0 Å². The topological polar surface area (TPSA) is 140 Å². The van der Waals surface area contributed by atoms with E-state index in [2.05, 4.69) is 27.3 Å². The van der Waals surface area contributed by atoms with Crippen LogP contribution in [0.2, 0.25) is 0 Å². The van der Waals surface area contributed by atoms with Crippen molar-refractivity contribution >= 4 is 10.9 Å². The molecule has 0 saturated heterocycles. The highest BCUT2D eigenvalue weighted by Crippen LogP contribution is 2.46. The van der Waals surface area contributed by atoms with Crippen molar-refractivity contribution in [3.63, 3.8) is 0 Å². The highest BCUT2D eigenvalue weighted by Gasteiger charge is 2.46. The fraction of sp³-hybridized carbons (Fsp3) is 0.273. The number of fused-ring (bicyclic) bond motifs is 1. The Balaban J connectivity index is 1.61. The normalized spacial score (nSPS) is 20.2. The van der Waals surface area contributed by atoms with Crippen LogP contribution in [0, 0.1) is 28.6 Å². The van der Waals surface area contributed by atoms with E-state index in [-0.39, 0.29) is 12.5 Å². The summed E-state index contributed by atoms with van der Waals surface area (Å²) in [6, 6.07) is 13.8. The molecule has 9 nitrogen and oxygen atoms in total. The molecule has 0 aromatic carbocycles. The lowest BCUT2D eigenvalue weighted by molar-refractivity contribution is 0.0884. The van der Waals surface area contributed by atoms with Gasteiger partial charge in [0.2, 0.25) is 0 Å². The summed E-state index contributed by atoms with van der Waals surface area (Å²) in [5, 5.41) is 40.5. The van der Waals surface area contributed by atoms with Gasteiger partial charge in [-0.05, 0) is 43.2 Å². The average molecular weight is 410 g/mol. The lowest BCUT2D eigenvalue weighted by Gasteiger charge is -2.43. The monoisotopic (exact) mass is 410 g/mol. The average Bonchev–Trinajstić information content (AvgIpc) is 3.45. The highest BCUT2D eigenvalue weighted by atomic mass is 16.3. The van der Waals surface area contributed by atoms with Gasteiger partial charge in [-0.1, -0.05) is 0 Å². The van der Waals surface area contributed by atoms with E-state index in [1.165, 1.54) is 0 Å². The molecule has 0 radical (unpaired) electrons. The van der Waals surface area contributed by atoms with Gasteiger partial charge in [-0.15, -0.1) is 0 Å². The highest BCUT2D eigenvalue weighted by molar-refractivity contribution is 5.93. The van der Waals surface area contributed by atoms with E-state index in [1.807, 2.05) is 35.1 Å². The molecule has 0 atom stereocenters. The van der Waals surface area contributed by atoms with E-state index >= 15 is 0 Å². The summed E-state index contributed by atoms with van der Waals surface area (Å²) in [6.07, 6.45) is 5.11. The minimum Gasteiger partial charge on any atom is -0.390 e. The third kappa shape index (κ3) is 3.12. The Labute approximate surface area is 177 Å². The first kappa shape index (κ1) is 18.9. The predicted octanol–water partition coefficient (Wildman–Crippen LogP) is 2.92. The van der Waals surface area contributed by atoms with E-state index in [4.69, 9.17) is 10.1 Å². The van der Waals surface area contributed by atoms with Gasteiger partial charge in [0.15, 0.2) is 0 Å². The second-order valence-electron chi connectivity index (χ2n) is 7.80. The van der Waals surface area contributed by atoms with Crippen molar-refractivity contribution in [2.75, 3.05) is 0 Å². The van der Waals surface area contributed by atoms with Crippen LogP contribution in [0.25, 0.3) is 33.7 Å². The number of aromatic nitrogens is 6. The molecule has 152 valence electrons. The van der Waals surface area contributed by atoms with E-state index in [9.17, 15) is 15.6 Å². The van der Waals surface area contributed by atoms with Gasteiger partial charge in [-0.2, -0.15) is 20.7 Å². The molecule has 2 N–H and O–H groups in total. The largest absolute Gasteiger partial charge is 0.390 e. The summed E-state index contributed by atoms with van der Waals surface area (Å²) in [7, 11) is 0. The van der Waals surface area contributed by atoms with Gasteiger partial charge < -0.3 is 5.11 Å². The molecule has 0 unspecified atom stereocenters. The molecule has 1 fully saturated rings. The lowest BCUT2D eigenvalue weighted by Crippen LogP contribution is -2.46. The van der Waals surface area contributed by atoms with Crippen LogP contribution in [-0.4, -0.2) is 35.1 Å². The smallest absolute Gasteiger partial charge is 0.111 e. The number of nitrogens with zero attached hydrogens (tertiary/aromatic N) is 7. The number of aromatic amines is 1.